The number of imide groups is 1. The molecule has 0 aliphatic carbocycles. The summed E-state index contributed by atoms with van der Waals surface area (Å²) >= 11 is 0. The highest BCUT2D eigenvalue weighted by molar-refractivity contribution is 6.09. The first-order chi connectivity index (χ1) is 19.9. The van der Waals surface area contributed by atoms with Crippen LogP contribution in [0.1, 0.15) is 42.5 Å². The molecule has 5 rings (SSSR count). The minimum atomic E-state index is -4.55. The lowest BCUT2D eigenvalue weighted by molar-refractivity contribution is -0.151. The maximum absolute atomic E-state index is 13.7. The molecular formula is C31H29F3N2O6. The molecule has 4 unspecified atom stereocenters. The van der Waals surface area contributed by atoms with Crippen LogP contribution >= 0.6 is 0 Å². The number of halogens is 3. The smallest absolute Gasteiger partial charge is 0.416 e. The maximum atomic E-state index is 13.7. The fourth-order valence-electron chi connectivity index (χ4n) is 5.90. The van der Waals surface area contributed by atoms with E-state index in [-0.39, 0.29) is 30.2 Å². The summed E-state index contributed by atoms with van der Waals surface area (Å²) in [5, 5.41) is 23.4. The van der Waals surface area contributed by atoms with Crippen LogP contribution in [0.4, 0.5) is 13.2 Å². The monoisotopic (exact) mass is 582 g/mol. The highest BCUT2D eigenvalue weighted by atomic mass is 19.4. The Morgan fingerprint density at radius 2 is 1.67 bits per heavy atom. The summed E-state index contributed by atoms with van der Waals surface area (Å²) < 4.78 is 45.3. The molecule has 2 amide bonds. The number of nitrogens with zero attached hydrogens (tertiary/aromatic N) is 1. The van der Waals surface area contributed by atoms with Crippen LogP contribution in [0.25, 0.3) is 0 Å². The third kappa shape index (κ3) is 5.32. The average Bonchev–Trinajstić information content (AvgIpc) is 3.42. The molecule has 2 saturated heterocycles. The number of carboxylic acid groups (broad SMARTS) is 1. The van der Waals surface area contributed by atoms with Gasteiger partial charge < -0.3 is 14.9 Å². The third-order valence-electron chi connectivity index (χ3n) is 7.90. The lowest BCUT2D eigenvalue weighted by Gasteiger charge is -2.31. The lowest BCUT2D eigenvalue weighted by atomic mass is 9.76. The van der Waals surface area contributed by atoms with E-state index in [9.17, 15) is 37.8 Å². The number of amides is 2. The van der Waals surface area contributed by atoms with Gasteiger partial charge in [-0.3, -0.25) is 24.6 Å². The van der Waals surface area contributed by atoms with Gasteiger partial charge in [-0.25, -0.2) is 0 Å². The number of aliphatic carboxylic acids is 1. The zero-order valence-corrected chi connectivity index (χ0v) is 22.6. The zero-order chi connectivity index (χ0) is 30.2. The van der Waals surface area contributed by atoms with Gasteiger partial charge in [-0.15, -0.1) is 0 Å². The number of aromatic hydroxyl groups is 1. The number of hydrogen-bond donors (Lipinski definition) is 3. The van der Waals surface area contributed by atoms with Crippen LogP contribution in [-0.2, 0) is 27.0 Å². The Hall–Kier alpha value is -4.38. The normalized spacial score (nSPS) is 23.7. The molecule has 4 atom stereocenters. The van der Waals surface area contributed by atoms with E-state index in [4.69, 9.17) is 4.74 Å². The molecular weight excluding hydrogens is 553 g/mol. The van der Waals surface area contributed by atoms with Crippen molar-refractivity contribution in [2.45, 2.75) is 43.9 Å². The molecule has 3 aromatic carbocycles. The van der Waals surface area contributed by atoms with E-state index in [2.05, 4.69) is 5.32 Å². The standard InChI is InChI=1S/C31H29F3N2O6/c1-2-3-14-36-27(38)24-25(28(36)39)30(29(40)41,17-18-10-12-21(37)13-11-18)35-26(24)19-6-4-8-22(15-19)42-23-9-5-7-20(16-23)31(32,33)34/h4-13,15-16,24-26,35,37H,2-3,14,17H2,1H3,(H,40,41). The molecule has 3 aromatic rings. The predicted molar refractivity (Wildman–Crippen MR) is 145 cm³/mol. The van der Waals surface area contributed by atoms with E-state index < -0.39 is 52.9 Å². The van der Waals surface area contributed by atoms with Crippen molar-refractivity contribution < 1.29 is 42.5 Å². The van der Waals surface area contributed by atoms with Gasteiger partial charge in [0.15, 0.2) is 0 Å². The Labute approximate surface area is 239 Å². The predicted octanol–water partition coefficient (Wildman–Crippen LogP) is 5.32. The highest BCUT2D eigenvalue weighted by Gasteiger charge is 2.68. The van der Waals surface area contributed by atoms with Gasteiger partial charge in [-0.05, 0) is 60.0 Å². The Morgan fingerprint density at radius 1 is 1.00 bits per heavy atom. The minimum Gasteiger partial charge on any atom is -0.508 e. The van der Waals surface area contributed by atoms with E-state index in [1.54, 1.807) is 24.3 Å². The van der Waals surface area contributed by atoms with Crippen molar-refractivity contribution in [2.24, 2.45) is 11.8 Å². The van der Waals surface area contributed by atoms with Crippen molar-refractivity contribution in [1.29, 1.82) is 0 Å². The van der Waals surface area contributed by atoms with Crippen molar-refractivity contribution in [2.75, 3.05) is 6.54 Å². The highest BCUT2D eigenvalue weighted by Crippen LogP contribution is 2.50. The van der Waals surface area contributed by atoms with Crippen molar-refractivity contribution in [3.05, 3.63) is 89.5 Å². The van der Waals surface area contributed by atoms with Crippen LogP contribution in [0.15, 0.2) is 72.8 Å². The van der Waals surface area contributed by atoms with E-state index in [1.807, 2.05) is 6.92 Å². The number of carboxylic acids is 1. The summed E-state index contributed by atoms with van der Waals surface area (Å²) in [6.07, 6.45) is -3.41. The molecule has 0 radical (unpaired) electrons. The molecule has 220 valence electrons. The van der Waals surface area contributed by atoms with Crippen LogP contribution < -0.4 is 10.1 Å². The number of ether oxygens (including phenoxy) is 1. The van der Waals surface area contributed by atoms with Crippen LogP contribution in [0, 0.1) is 11.8 Å². The van der Waals surface area contributed by atoms with Gasteiger partial charge in [0, 0.05) is 19.0 Å². The van der Waals surface area contributed by atoms with Gasteiger partial charge in [-0.2, -0.15) is 13.2 Å². The van der Waals surface area contributed by atoms with Gasteiger partial charge in [0.1, 0.15) is 22.8 Å². The molecule has 11 heteroatoms. The van der Waals surface area contributed by atoms with Crippen LogP contribution in [-0.4, -0.2) is 45.0 Å². The maximum Gasteiger partial charge on any atom is 0.416 e. The number of rotatable bonds is 9. The number of fused-ring (bicyclic) bond motifs is 1. The summed E-state index contributed by atoms with van der Waals surface area (Å²) in [6.45, 7) is 2.08. The molecule has 42 heavy (non-hydrogen) atoms. The Bertz CT molecular complexity index is 1510. The van der Waals surface area contributed by atoms with E-state index in [1.165, 1.54) is 36.4 Å². The summed E-state index contributed by atoms with van der Waals surface area (Å²) in [6, 6.07) is 15.7. The Balaban J connectivity index is 1.54. The van der Waals surface area contributed by atoms with Gasteiger partial charge in [0.2, 0.25) is 11.8 Å². The SMILES string of the molecule is CCCCN1C(=O)C2C(c3cccc(Oc4cccc(C(F)(F)F)c4)c3)NC(Cc3ccc(O)cc3)(C(=O)O)C2C1=O. The number of benzene rings is 3. The second kappa shape index (κ2) is 11.1. The van der Waals surface area contributed by atoms with Crippen molar-refractivity contribution >= 4 is 17.8 Å². The van der Waals surface area contributed by atoms with Crippen molar-refractivity contribution in [3.63, 3.8) is 0 Å². The molecule has 8 nitrogen and oxygen atoms in total. The molecule has 2 heterocycles. The number of alkyl halides is 3. The van der Waals surface area contributed by atoms with Gasteiger partial charge >= 0.3 is 12.1 Å². The van der Waals surface area contributed by atoms with Crippen LogP contribution in [0.5, 0.6) is 17.2 Å². The number of hydrogen-bond acceptors (Lipinski definition) is 6. The van der Waals surface area contributed by atoms with E-state index >= 15 is 0 Å². The molecule has 3 N–H and O–H groups in total. The first-order valence-corrected chi connectivity index (χ1v) is 13.5. The number of phenols is 1. The first kappa shape index (κ1) is 29.1. The lowest BCUT2D eigenvalue weighted by Crippen LogP contribution is -2.57. The minimum absolute atomic E-state index is 0.00583. The number of nitrogens with one attached hydrogen (secondary N) is 1. The topological polar surface area (TPSA) is 116 Å². The van der Waals surface area contributed by atoms with Crippen LogP contribution in [0.3, 0.4) is 0 Å². The fourth-order valence-corrected chi connectivity index (χ4v) is 5.90. The fraction of sp³-hybridized carbons (Fsp3) is 0.323. The van der Waals surface area contributed by atoms with E-state index in [0.717, 1.165) is 23.5 Å². The van der Waals surface area contributed by atoms with E-state index in [0.29, 0.717) is 17.5 Å². The molecule has 0 spiro atoms. The second-order valence-electron chi connectivity index (χ2n) is 10.6. The summed E-state index contributed by atoms with van der Waals surface area (Å²) in [5.41, 5.74) is -1.74. The summed E-state index contributed by atoms with van der Waals surface area (Å²) in [5.74, 6) is -4.48. The zero-order valence-electron chi connectivity index (χ0n) is 22.6. The van der Waals surface area contributed by atoms with Gasteiger partial charge in [-0.1, -0.05) is 43.7 Å². The number of carbonyl (C=O) groups is 3. The summed E-state index contributed by atoms with van der Waals surface area (Å²) in [7, 11) is 0. The quantitative estimate of drug-likeness (QED) is 0.293. The molecule has 0 bridgehead atoms. The number of phenolic OH excluding ortho intramolecular Hbond substituents is 1. The van der Waals surface area contributed by atoms with Gasteiger partial charge in [0.25, 0.3) is 0 Å². The molecule has 0 saturated carbocycles. The van der Waals surface area contributed by atoms with Crippen molar-refractivity contribution in [1.82, 2.24) is 10.2 Å². The molecule has 2 fully saturated rings. The van der Waals surface area contributed by atoms with Gasteiger partial charge in [0.05, 0.1) is 17.4 Å². The summed E-state index contributed by atoms with van der Waals surface area (Å²) in [4.78, 5) is 41.6. The third-order valence-corrected chi connectivity index (χ3v) is 7.90. The van der Waals surface area contributed by atoms with Crippen LogP contribution in [0.2, 0.25) is 0 Å². The van der Waals surface area contributed by atoms with Crippen molar-refractivity contribution in [3.8, 4) is 17.2 Å². The first-order valence-electron chi connectivity index (χ1n) is 13.5. The number of unbranched alkanes of at least 4 members (excludes halogenated alkanes) is 1. The average molecular weight is 583 g/mol. The molecule has 2 aliphatic heterocycles. The second-order valence-corrected chi connectivity index (χ2v) is 10.6. The largest absolute Gasteiger partial charge is 0.508 e. The Kier molecular flexibility index (Phi) is 7.72. The number of likely N-dealkylation sites (tertiary alicyclic amines) is 1. The Morgan fingerprint density at radius 3 is 2.31 bits per heavy atom. The molecule has 2 aliphatic rings. The number of carbonyl (C=O) groups excluding carboxylic acids is 2. The molecule has 0 aromatic heterocycles.